The van der Waals surface area contributed by atoms with Crippen molar-refractivity contribution >= 4 is 29.3 Å². The Morgan fingerprint density at radius 1 is 1.29 bits per heavy atom. The summed E-state index contributed by atoms with van der Waals surface area (Å²) >= 11 is 7.38. The Morgan fingerprint density at radius 3 is 2.92 bits per heavy atom. The molecule has 3 atom stereocenters. The Morgan fingerprint density at radius 2 is 2.17 bits per heavy atom. The lowest BCUT2D eigenvalue weighted by atomic mass is 9.95. The summed E-state index contributed by atoms with van der Waals surface area (Å²) in [5.41, 5.74) is 0.699. The van der Waals surface area contributed by atoms with Crippen molar-refractivity contribution in [1.82, 2.24) is 15.5 Å². The van der Waals surface area contributed by atoms with Crippen LogP contribution in [-0.4, -0.2) is 27.9 Å². The van der Waals surface area contributed by atoms with Crippen LogP contribution < -0.4 is 5.32 Å². The van der Waals surface area contributed by atoms with Crippen LogP contribution in [0.15, 0.2) is 33.9 Å². The molecule has 5 nitrogen and oxygen atoms in total. The number of benzene rings is 1. The molecule has 7 heteroatoms. The molecule has 1 heterocycles. The highest BCUT2D eigenvalue weighted by Gasteiger charge is 2.40. The van der Waals surface area contributed by atoms with Crippen LogP contribution in [0.5, 0.6) is 0 Å². The number of carbonyl (C=O) groups excluding carboxylic acids is 1. The van der Waals surface area contributed by atoms with Crippen molar-refractivity contribution in [1.29, 1.82) is 0 Å². The fourth-order valence-electron chi connectivity index (χ4n) is 3.81. The molecule has 0 spiro atoms. The minimum Gasteiger partial charge on any atom is -0.411 e. The van der Waals surface area contributed by atoms with Crippen molar-refractivity contribution < 1.29 is 9.21 Å². The van der Waals surface area contributed by atoms with Crippen LogP contribution in [-0.2, 0) is 4.79 Å². The predicted molar refractivity (Wildman–Crippen MR) is 92.8 cm³/mol. The number of thioether (sulfide) groups is 1. The Hall–Kier alpha value is -1.53. The third-order valence-electron chi connectivity index (χ3n) is 4.92. The molecule has 4 rings (SSSR count). The van der Waals surface area contributed by atoms with Gasteiger partial charge in [0.1, 0.15) is 0 Å². The van der Waals surface area contributed by atoms with Gasteiger partial charge in [-0.1, -0.05) is 41.9 Å². The van der Waals surface area contributed by atoms with Crippen LogP contribution in [0.4, 0.5) is 0 Å². The second-order valence-electron chi connectivity index (χ2n) is 6.49. The molecule has 2 fully saturated rings. The molecule has 2 bridgehead atoms. The van der Waals surface area contributed by atoms with Crippen molar-refractivity contribution in [3.8, 4) is 11.5 Å². The Labute approximate surface area is 149 Å². The zero-order valence-corrected chi connectivity index (χ0v) is 14.6. The zero-order valence-electron chi connectivity index (χ0n) is 13.1. The van der Waals surface area contributed by atoms with Crippen LogP contribution in [0.25, 0.3) is 11.5 Å². The SMILES string of the molecule is O=C(CSc1nnc(-c2ccccc2Cl)o1)N[C@@H]1C[C@@H]2CC[C@@H]1C2. The maximum absolute atomic E-state index is 12.1. The quantitative estimate of drug-likeness (QED) is 0.818. The molecule has 2 aromatic rings. The van der Waals surface area contributed by atoms with E-state index in [1.54, 1.807) is 6.07 Å². The van der Waals surface area contributed by atoms with Gasteiger partial charge in [-0.15, -0.1) is 10.2 Å². The molecule has 0 saturated heterocycles. The van der Waals surface area contributed by atoms with E-state index in [1.165, 1.54) is 31.0 Å². The molecule has 1 aromatic heterocycles. The summed E-state index contributed by atoms with van der Waals surface area (Å²) in [6.07, 6.45) is 5.01. The van der Waals surface area contributed by atoms with Gasteiger partial charge in [0.05, 0.1) is 16.3 Å². The topological polar surface area (TPSA) is 68.0 Å². The van der Waals surface area contributed by atoms with Gasteiger partial charge in [-0.25, -0.2) is 0 Å². The van der Waals surface area contributed by atoms with Gasteiger partial charge in [0.2, 0.25) is 11.8 Å². The van der Waals surface area contributed by atoms with Crippen molar-refractivity contribution in [2.75, 3.05) is 5.75 Å². The zero-order chi connectivity index (χ0) is 16.5. The van der Waals surface area contributed by atoms with E-state index in [9.17, 15) is 4.79 Å². The smallest absolute Gasteiger partial charge is 0.277 e. The predicted octanol–water partition coefficient (Wildman–Crippen LogP) is 3.79. The summed E-state index contributed by atoms with van der Waals surface area (Å²) in [6, 6.07) is 7.67. The van der Waals surface area contributed by atoms with E-state index in [1.807, 2.05) is 18.2 Å². The summed E-state index contributed by atoms with van der Waals surface area (Å²) in [7, 11) is 0. The van der Waals surface area contributed by atoms with Crippen LogP contribution >= 0.6 is 23.4 Å². The van der Waals surface area contributed by atoms with Crippen LogP contribution in [0, 0.1) is 11.8 Å². The standard InChI is InChI=1S/C17H18ClN3O2S/c18-13-4-2-1-3-12(13)16-20-21-17(23-16)24-9-15(22)19-14-8-10-5-6-11(14)7-10/h1-4,10-11,14H,5-9H2,(H,19,22)/t10-,11-,14-/m1/s1. The van der Waals surface area contributed by atoms with E-state index in [2.05, 4.69) is 15.5 Å². The Balaban J connectivity index is 1.32. The molecular formula is C17H18ClN3O2S. The second kappa shape index (κ2) is 6.76. The Bertz CT molecular complexity index is 751. The normalized spacial score (nSPS) is 25.1. The maximum atomic E-state index is 12.1. The van der Waals surface area contributed by atoms with Gasteiger partial charge in [-0.05, 0) is 43.2 Å². The third-order valence-corrected chi connectivity index (χ3v) is 6.07. The van der Waals surface area contributed by atoms with Crippen LogP contribution in [0.2, 0.25) is 5.02 Å². The lowest BCUT2D eigenvalue weighted by Gasteiger charge is -2.22. The third kappa shape index (κ3) is 3.30. The molecule has 24 heavy (non-hydrogen) atoms. The number of nitrogens with one attached hydrogen (secondary N) is 1. The summed E-state index contributed by atoms with van der Waals surface area (Å²) in [5.74, 6) is 2.20. The van der Waals surface area contributed by atoms with Gasteiger partial charge in [-0.3, -0.25) is 4.79 Å². The number of nitrogens with zero attached hydrogens (tertiary/aromatic N) is 2. The lowest BCUT2D eigenvalue weighted by Crippen LogP contribution is -2.39. The van der Waals surface area contributed by atoms with Gasteiger partial charge < -0.3 is 9.73 Å². The summed E-state index contributed by atoms with van der Waals surface area (Å²) < 4.78 is 5.60. The van der Waals surface area contributed by atoms with Gasteiger partial charge in [0, 0.05) is 6.04 Å². The molecule has 0 radical (unpaired) electrons. The number of rotatable bonds is 5. The number of fused-ring (bicyclic) bond motifs is 2. The van der Waals surface area contributed by atoms with E-state index in [-0.39, 0.29) is 11.7 Å². The van der Waals surface area contributed by atoms with E-state index in [4.69, 9.17) is 16.0 Å². The summed E-state index contributed by atoms with van der Waals surface area (Å²) in [6.45, 7) is 0. The number of hydrogen-bond acceptors (Lipinski definition) is 5. The van der Waals surface area contributed by atoms with Gasteiger partial charge in [0.15, 0.2) is 0 Å². The molecule has 1 N–H and O–H groups in total. The summed E-state index contributed by atoms with van der Waals surface area (Å²) in [5, 5.41) is 12.1. The molecule has 2 aliphatic carbocycles. The van der Waals surface area contributed by atoms with Gasteiger partial charge >= 0.3 is 0 Å². The van der Waals surface area contributed by atoms with Crippen LogP contribution in [0.3, 0.4) is 0 Å². The fourth-order valence-corrected chi connectivity index (χ4v) is 4.60. The fraction of sp³-hybridized carbons (Fsp3) is 0.471. The molecule has 0 aliphatic heterocycles. The molecule has 1 amide bonds. The Kier molecular flexibility index (Phi) is 4.50. The van der Waals surface area contributed by atoms with E-state index >= 15 is 0 Å². The average Bonchev–Trinajstić information content (AvgIpc) is 3.30. The number of amides is 1. The lowest BCUT2D eigenvalue weighted by molar-refractivity contribution is -0.119. The number of carbonyl (C=O) groups is 1. The largest absolute Gasteiger partial charge is 0.411 e. The second-order valence-corrected chi connectivity index (χ2v) is 7.82. The van der Waals surface area contributed by atoms with Crippen LogP contribution in [0.1, 0.15) is 25.7 Å². The van der Waals surface area contributed by atoms with Crippen molar-refractivity contribution in [3.63, 3.8) is 0 Å². The first-order valence-electron chi connectivity index (χ1n) is 8.19. The molecule has 126 valence electrons. The average molecular weight is 364 g/mol. The first-order valence-corrected chi connectivity index (χ1v) is 9.56. The molecule has 2 aliphatic rings. The van der Waals surface area contributed by atoms with Crippen molar-refractivity contribution in [3.05, 3.63) is 29.3 Å². The minimum atomic E-state index is 0.0371. The minimum absolute atomic E-state index is 0.0371. The molecular weight excluding hydrogens is 346 g/mol. The highest BCUT2D eigenvalue weighted by molar-refractivity contribution is 7.99. The first kappa shape index (κ1) is 16.0. The highest BCUT2D eigenvalue weighted by atomic mass is 35.5. The molecule has 0 unspecified atom stereocenters. The van der Waals surface area contributed by atoms with Crippen molar-refractivity contribution in [2.45, 2.75) is 36.9 Å². The van der Waals surface area contributed by atoms with Crippen molar-refractivity contribution in [2.24, 2.45) is 11.8 Å². The number of halogens is 1. The highest BCUT2D eigenvalue weighted by Crippen LogP contribution is 2.44. The molecule has 2 saturated carbocycles. The van der Waals surface area contributed by atoms with E-state index < -0.39 is 0 Å². The number of aromatic nitrogens is 2. The first-order chi connectivity index (χ1) is 11.7. The van der Waals surface area contributed by atoms with Gasteiger partial charge in [-0.2, -0.15) is 0 Å². The summed E-state index contributed by atoms with van der Waals surface area (Å²) in [4.78, 5) is 12.1. The number of hydrogen-bond donors (Lipinski definition) is 1. The monoisotopic (exact) mass is 363 g/mol. The maximum Gasteiger partial charge on any atom is 0.277 e. The van der Waals surface area contributed by atoms with Gasteiger partial charge in [0.25, 0.3) is 5.22 Å². The van der Waals surface area contributed by atoms with E-state index in [0.29, 0.717) is 33.7 Å². The molecule has 1 aromatic carbocycles. The van der Waals surface area contributed by atoms with E-state index in [0.717, 1.165) is 12.3 Å².